The number of benzene rings is 2. The molecule has 5 rings (SSSR count). The van der Waals surface area contributed by atoms with E-state index in [1.165, 1.54) is 10.1 Å². The molecule has 0 radical (unpaired) electrons. The minimum Gasteiger partial charge on any atom is -0.348 e. The molecule has 1 atom stereocenters. The molecule has 1 N–H and O–H groups in total. The molecule has 8 nitrogen and oxygen atoms in total. The summed E-state index contributed by atoms with van der Waals surface area (Å²) < 4.78 is 4.33. The van der Waals surface area contributed by atoms with Gasteiger partial charge in [-0.05, 0) is 41.9 Å². The first-order valence-electron chi connectivity index (χ1n) is 12.5. The fourth-order valence-electron chi connectivity index (χ4n) is 5.11. The highest BCUT2D eigenvalue weighted by Crippen LogP contribution is 2.29. The van der Waals surface area contributed by atoms with Crippen molar-refractivity contribution in [3.05, 3.63) is 98.5 Å². The Morgan fingerprint density at radius 3 is 2.58 bits per heavy atom. The predicted molar refractivity (Wildman–Crippen MR) is 139 cm³/mol. The number of hydrogen-bond donors (Lipinski definition) is 1. The molecule has 4 aromatic rings. The SMILES string of the molecule is CC(C)Cn1cnc2c1c(=O)n(CC(=O)NC1CCCc3ccccc31)c(=O)n2Cc1ccccc1. The summed E-state index contributed by atoms with van der Waals surface area (Å²) in [5.74, 6) is -0.0733. The fourth-order valence-corrected chi connectivity index (χ4v) is 5.11. The topological polar surface area (TPSA) is 90.9 Å². The molecule has 0 saturated carbocycles. The quantitative estimate of drug-likeness (QED) is 0.435. The Bertz CT molecular complexity index is 1510. The van der Waals surface area contributed by atoms with Gasteiger partial charge in [-0.3, -0.25) is 14.2 Å². The minimum atomic E-state index is -0.537. The van der Waals surface area contributed by atoms with Crippen molar-refractivity contribution >= 4 is 17.1 Å². The van der Waals surface area contributed by atoms with E-state index in [4.69, 9.17) is 0 Å². The van der Waals surface area contributed by atoms with Gasteiger partial charge in [0.2, 0.25) is 5.91 Å². The molecular weight excluding hydrogens is 454 g/mol. The van der Waals surface area contributed by atoms with Gasteiger partial charge < -0.3 is 9.88 Å². The molecule has 0 aliphatic heterocycles. The number of nitrogens with one attached hydrogen (secondary N) is 1. The van der Waals surface area contributed by atoms with Crippen molar-refractivity contribution in [2.24, 2.45) is 5.92 Å². The Kier molecular flexibility index (Phi) is 6.59. The summed E-state index contributed by atoms with van der Waals surface area (Å²) in [6.45, 7) is 4.61. The van der Waals surface area contributed by atoms with Crippen molar-refractivity contribution in [2.45, 2.75) is 58.8 Å². The molecule has 2 aromatic heterocycles. The normalized spacial score (nSPS) is 15.2. The van der Waals surface area contributed by atoms with Crippen LogP contribution in [0.2, 0.25) is 0 Å². The van der Waals surface area contributed by atoms with E-state index >= 15 is 0 Å². The van der Waals surface area contributed by atoms with Gasteiger partial charge in [0, 0.05) is 6.54 Å². The largest absolute Gasteiger partial charge is 0.348 e. The molecule has 1 amide bonds. The first kappa shape index (κ1) is 23.8. The molecule has 2 heterocycles. The molecule has 2 aromatic carbocycles. The average Bonchev–Trinajstić information content (AvgIpc) is 3.28. The van der Waals surface area contributed by atoms with Crippen LogP contribution in [0.3, 0.4) is 0 Å². The molecule has 8 heteroatoms. The second-order valence-electron chi connectivity index (χ2n) is 9.92. The highest BCUT2D eigenvalue weighted by molar-refractivity contribution is 5.77. The maximum atomic E-state index is 13.6. The number of amides is 1. The Morgan fingerprint density at radius 2 is 1.81 bits per heavy atom. The molecular formula is C28H31N5O3. The standard InChI is InChI=1S/C28H31N5O3/c1-19(2)15-31-18-29-26-25(31)27(35)33(28(36)32(26)16-20-9-4-3-5-10-20)17-24(34)30-23-14-8-12-21-11-6-7-13-22(21)23/h3-7,9-11,13,18-19,23H,8,12,14-17H2,1-2H3,(H,30,34). The van der Waals surface area contributed by atoms with Gasteiger partial charge in [0.05, 0.1) is 18.9 Å². The third-order valence-electron chi connectivity index (χ3n) is 6.74. The zero-order valence-corrected chi connectivity index (χ0v) is 20.7. The van der Waals surface area contributed by atoms with E-state index in [2.05, 4.69) is 30.2 Å². The van der Waals surface area contributed by atoms with Gasteiger partial charge in [-0.1, -0.05) is 68.4 Å². The maximum absolute atomic E-state index is 13.6. The van der Waals surface area contributed by atoms with E-state index in [1.807, 2.05) is 48.5 Å². The molecule has 36 heavy (non-hydrogen) atoms. The van der Waals surface area contributed by atoms with E-state index < -0.39 is 11.2 Å². The molecule has 0 spiro atoms. The van der Waals surface area contributed by atoms with Crippen molar-refractivity contribution in [3.8, 4) is 0 Å². The Balaban J connectivity index is 1.53. The van der Waals surface area contributed by atoms with Crippen LogP contribution in [0.25, 0.3) is 11.2 Å². The number of hydrogen-bond acceptors (Lipinski definition) is 4. The second-order valence-corrected chi connectivity index (χ2v) is 9.92. The summed E-state index contributed by atoms with van der Waals surface area (Å²) >= 11 is 0. The van der Waals surface area contributed by atoms with Crippen LogP contribution in [0.5, 0.6) is 0 Å². The van der Waals surface area contributed by atoms with Gasteiger partial charge >= 0.3 is 5.69 Å². The lowest BCUT2D eigenvalue weighted by Crippen LogP contribution is -2.45. The van der Waals surface area contributed by atoms with Crippen molar-refractivity contribution in [1.82, 2.24) is 24.0 Å². The zero-order chi connectivity index (χ0) is 25.2. The first-order chi connectivity index (χ1) is 17.4. The average molecular weight is 486 g/mol. The van der Waals surface area contributed by atoms with Gasteiger partial charge in [0.1, 0.15) is 6.54 Å². The van der Waals surface area contributed by atoms with Gasteiger partial charge in [-0.15, -0.1) is 0 Å². The summed E-state index contributed by atoms with van der Waals surface area (Å²) in [6, 6.07) is 17.5. The van der Waals surface area contributed by atoms with Crippen molar-refractivity contribution < 1.29 is 4.79 Å². The summed E-state index contributed by atoms with van der Waals surface area (Å²) in [5.41, 5.74) is 2.91. The van der Waals surface area contributed by atoms with Crippen LogP contribution in [0.4, 0.5) is 0 Å². The van der Waals surface area contributed by atoms with E-state index in [0.717, 1.165) is 35.0 Å². The van der Waals surface area contributed by atoms with Gasteiger partial charge in [-0.25, -0.2) is 14.3 Å². The lowest BCUT2D eigenvalue weighted by atomic mass is 9.88. The van der Waals surface area contributed by atoms with Crippen LogP contribution < -0.4 is 16.6 Å². The smallest absolute Gasteiger partial charge is 0.333 e. The van der Waals surface area contributed by atoms with E-state index in [1.54, 1.807) is 10.9 Å². The third-order valence-corrected chi connectivity index (χ3v) is 6.74. The summed E-state index contributed by atoms with van der Waals surface area (Å²) in [5, 5.41) is 3.07. The zero-order valence-electron chi connectivity index (χ0n) is 20.7. The number of nitrogens with zero attached hydrogens (tertiary/aromatic N) is 4. The summed E-state index contributed by atoms with van der Waals surface area (Å²) in [7, 11) is 0. The molecule has 1 unspecified atom stereocenters. The van der Waals surface area contributed by atoms with Crippen LogP contribution in [-0.4, -0.2) is 24.6 Å². The fraction of sp³-hybridized carbons (Fsp3) is 0.357. The molecule has 0 saturated heterocycles. The molecule has 1 aliphatic rings. The number of rotatable bonds is 7. The number of fused-ring (bicyclic) bond motifs is 2. The minimum absolute atomic E-state index is 0.125. The van der Waals surface area contributed by atoms with Crippen LogP contribution in [0.15, 0.2) is 70.5 Å². The molecule has 0 fully saturated rings. The number of aromatic nitrogens is 4. The second kappa shape index (κ2) is 9.97. The van der Waals surface area contributed by atoms with E-state index in [0.29, 0.717) is 17.7 Å². The van der Waals surface area contributed by atoms with Gasteiger partial charge in [0.15, 0.2) is 11.2 Å². The van der Waals surface area contributed by atoms with E-state index in [-0.39, 0.29) is 31.0 Å². The van der Waals surface area contributed by atoms with Crippen LogP contribution in [-0.2, 0) is 30.8 Å². The molecule has 1 aliphatic carbocycles. The lowest BCUT2D eigenvalue weighted by molar-refractivity contribution is -0.122. The predicted octanol–water partition coefficient (Wildman–Crippen LogP) is 3.26. The third kappa shape index (κ3) is 4.63. The van der Waals surface area contributed by atoms with Crippen molar-refractivity contribution in [3.63, 3.8) is 0 Å². The molecule has 186 valence electrons. The number of aryl methyl sites for hydroxylation is 1. The number of imidazole rings is 1. The number of carbonyl (C=O) groups excluding carboxylic acids is 1. The Morgan fingerprint density at radius 1 is 1.06 bits per heavy atom. The highest BCUT2D eigenvalue weighted by atomic mass is 16.2. The van der Waals surface area contributed by atoms with Crippen LogP contribution >= 0.6 is 0 Å². The van der Waals surface area contributed by atoms with E-state index in [9.17, 15) is 14.4 Å². The number of carbonyl (C=O) groups is 1. The lowest BCUT2D eigenvalue weighted by Gasteiger charge is -2.26. The maximum Gasteiger partial charge on any atom is 0.333 e. The van der Waals surface area contributed by atoms with Crippen LogP contribution in [0.1, 0.15) is 49.4 Å². The highest BCUT2D eigenvalue weighted by Gasteiger charge is 2.24. The summed E-state index contributed by atoms with van der Waals surface area (Å²) in [4.78, 5) is 44.7. The van der Waals surface area contributed by atoms with Crippen molar-refractivity contribution in [2.75, 3.05) is 0 Å². The summed E-state index contributed by atoms with van der Waals surface area (Å²) in [6.07, 6.45) is 4.40. The Hall–Kier alpha value is -3.94. The van der Waals surface area contributed by atoms with Crippen molar-refractivity contribution in [1.29, 1.82) is 0 Å². The monoisotopic (exact) mass is 485 g/mol. The first-order valence-corrected chi connectivity index (χ1v) is 12.5. The molecule has 0 bridgehead atoms. The Labute approximate surface area is 209 Å². The van der Waals surface area contributed by atoms with Gasteiger partial charge in [0.25, 0.3) is 5.56 Å². The van der Waals surface area contributed by atoms with Crippen LogP contribution in [0, 0.1) is 5.92 Å². The van der Waals surface area contributed by atoms with Gasteiger partial charge in [-0.2, -0.15) is 0 Å².